The molecule has 0 spiro atoms. The fourth-order valence-corrected chi connectivity index (χ4v) is 3.12. The SMILES string of the molecule is CC(=O)c1c(F)cccc1N1CCC[C@H](CC(=O)OC(C)C)C1. The van der Waals surface area contributed by atoms with Crippen LogP contribution in [-0.2, 0) is 9.53 Å². The number of hydrogen-bond acceptors (Lipinski definition) is 4. The molecule has 1 heterocycles. The summed E-state index contributed by atoms with van der Waals surface area (Å²) < 4.78 is 19.2. The lowest BCUT2D eigenvalue weighted by Crippen LogP contribution is -2.37. The fraction of sp³-hybridized carbons (Fsp3) is 0.556. The molecule has 1 atom stereocenters. The van der Waals surface area contributed by atoms with Gasteiger partial charge in [0, 0.05) is 13.1 Å². The summed E-state index contributed by atoms with van der Waals surface area (Å²) in [5.74, 6) is -0.799. The van der Waals surface area contributed by atoms with Gasteiger partial charge in [-0.3, -0.25) is 9.59 Å². The molecule has 0 saturated carbocycles. The van der Waals surface area contributed by atoms with Crippen LogP contribution in [0.3, 0.4) is 0 Å². The zero-order valence-electron chi connectivity index (χ0n) is 14.0. The first kappa shape index (κ1) is 17.4. The largest absolute Gasteiger partial charge is 0.463 e. The maximum absolute atomic E-state index is 14.0. The smallest absolute Gasteiger partial charge is 0.306 e. The molecular weight excluding hydrogens is 297 g/mol. The second kappa shape index (κ2) is 7.57. The van der Waals surface area contributed by atoms with E-state index in [1.54, 1.807) is 12.1 Å². The summed E-state index contributed by atoms with van der Waals surface area (Å²) in [6.45, 7) is 6.44. The summed E-state index contributed by atoms with van der Waals surface area (Å²) in [5, 5.41) is 0. The highest BCUT2D eigenvalue weighted by atomic mass is 19.1. The molecule has 2 rings (SSSR count). The van der Waals surface area contributed by atoms with Crippen LogP contribution in [0.15, 0.2) is 18.2 Å². The molecule has 1 aliphatic heterocycles. The van der Waals surface area contributed by atoms with Gasteiger partial charge in [-0.2, -0.15) is 0 Å². The van der Waals surface area contributed by atoms with Gasteiger partial charge in [-0.1, -0.05) is 6.07 Å². The van der Waals surface area contributed by atoms with Crippen molar-refractivity contribution in [3.8, 4) is 0 Å². The van der Waals surface area contributed by atoms with Crippen molar-refractivity contribution in [1.82, 2.24) is 0 Å². The van der Waals surface area contributed by atoms with Gasteiger partial charge >= 0.3 is 5.97 Å². The second-order valence-electron chi connectivity index (χ2n) is 6.39. The minimum absolute atomic E-state index is 0.116. The first-order chi connectivity index (χ1) is 10.9. The molecule has 0 radical (unpaired) electrons. The Hall–Kier alpha value is -1.91. The van der Waals surface area contributed by atoms with Gasteiger partial charge in [-0.25, -0.2) is 4.39 Å². The van der Waals surface area contributed by atoms with Gasteiger partial charge in [-0.15, -0.1) is 0 Å². The third-order valence-electron chi connectivity index (χ3n) is 4.03. The Bertz CT molecular complexity index is 586. The van der Waals surface area contributed by atoms with Crippen molar-refractivity contribution in [2.45, 2.75) is 46.1 Å². The van der Waals surface area contributed by atoms with Gasteiger partial charge < -0.3 is 9.64 Å². The van der Waals surface area contributed by atoms with Crippen LogP contribution in [0.1, 0.15) is 50.4 Å². The lowest BCUT2D eigenvalue weighted by atomic mass is 9.93. The van der Waals surface area contributed by atoms with Crippen molar-refractivity contribution in [2.75, 3.05) is 18.0 Å². The molecule has 1 fully saturated rings. The van der Waals surface area contributed by atoms with Crippen molar-refractivity contribution < 1.29 is 18.7 Å². The summed E-state index contributed by atoms with van der Waals surface area (Å²) in [4.78, 5) is 25.6. The number of carbonyl (C=O) groups excluding carboxylic acids is 2. The number of ketones is 1. The minimum atomic E-state index is -0.489. The molecule has 0 aromatic heterocycles. The Morgan fingerprint density at radius 2 is 2.13 bits per heavy atom. The van der Waals surface area contributed by atoms with E-state index >= 15 is 0 Å². The summed E-state index contributed by atoms with van der Waals surface area (Å²) in [6.07, 6.45) is 2.09. The van der Waals surface area contributed by atoms with Crippen LogP contribution < -0.4 is 4.90 Å². The molecule has 1 aromatic carbocycles. The average Bonchev–Trinajstić information content (AvgIpc) is 2.45. The molecule has 0 unspecified atom stereocenters. The molecule has 4 nitrogen and oxygen atoms in total. The highest BCUT2D eigenvalue weighted by molar-refractivity contribution is 6.00. The summed E-state index contributed by atoms with van der Waals surface area (Å²) in [5.41, 5.74) is 0.761. The molecule has 0 bridgehead atoms. The number of halogens is 1. The van der Waals surface area contributed by atoms with Gasteiger partial charge in [0.1, 0.15) is 5.82 Å². The number of ether oxygens (including phenoxy) is 1. The number of anilines is 1. The number of piperidine rings is 1. The van der Waals surface area contributed by atoms with Crippen LogP contribution in [0.5, 0.6) is 0 Å². The summed E-state index contributed by atoms with van der Waals surface area (Å²) in [7, 11) is 0. The number of nitrogens with zero attached hydrogens (tertiary/aromatic N) is 1. The Morgan fingerprint density at radius 3 is 2.78 bits per heavy atom. The fourth-order valence-electron chi connectivity index (χ4n) is 3.12. The number of Topliss-reactive ketones (excluding diaryl/α,β-unsaturated/α-hetero) is 1. The van der Waals surface area contributed by atoms with Gasteiger partial charge in [-0.05, 0) is 51.7 Å². The molecule has 5 heteroatoms. The lowest BCUT2D eigenvalue weighted by Gasteiger charge is -2.35. The Morgan fingerprint density at radius 1 is 1.39 bits per heavy atom. The standard InChI is InChI=1S/C18H24FNO3/c1-12(2)23-17(22)10-14-6-5-9-20(11-14)16-8-4-7-15(19)18(16)13(3)21/h4,7-8,12,14H,5-6,9-11H2,1-3H3/t14-/m1/s1. The Balaban J connectivity index is 2.11. The van der Waals surface area contributed by atoms with Gasteiger partial charge in [0.15, 0.2) is 5.78 Å². The maximum Gasteiger partial charge on any atom is 0.306 e. The summed E-state index contributed by atoms with van der Waals surface area (Å²) in [6, 6.07) is 4.70. The Kier molecular flexibility index (Phi) is 5.74. The van der Waals surface area contributed by atoms with E-state index in [2.05, 4.69) is 0 Å². The monoisotopic (exact) mass is 321 g/mol. The van der Waals surface area contributed by atoms with E-state index in [1.165, 1.54) is 13.0 Å². The minimum Gasteiger partial charge on any atom is -0.463 e. The zero-order valence-corrected chi connectivity index (χ0v) is 14.0. The van der Waals surface area contributed by atoms with Gasteiger partial charge in [0.05, 0.1) is 23.8 Å². The second-order valence-corrected chi connectivity index (χ2v) is 6.39. The van der Waals surface area contributed by atoms with Crippen molar-refractivity contribution in [2.24, 2.45) is 5.92 Å². The quantitative estimate of drug-likeness (QED) is 0.614. The average molecular weight is 321 g/mol. The molecule has 1 aromatic rings. The first-order valence-electron chi connectivity index (χ1n) is 8.12. The van der Waals surface area contributed by atoms with Crippen molar-refractivity contribution in [1.29, 1.82) is 0 Å². The van der Waals surface area contributed by atoms with Crippen molar-refractivity contribution in [3.05, 3.63) is 29.6 Å². The van der Waals surface area contributed by atoms with Crippen LogP contribution in [0.25, 0.3) is 0 Å². The molecule has 0 amide bonds. The maximum atomic E-state index is 14.0. The molecule has 1 aliphatic rings. The third-order valence-corrected chi connectivity index (χ3v) is 4.03. The molecule has 23 heavy (non-hydrogen) atoms. The van der Waals surface area contributed by atoms with Crippen molar-refractivity contribution >= 4 is 17.4 Å². The van der Waals surface area contributed by atoms with E-state index in [4.69, 9.17) is 4.74 Å². The van der Waals surface area contributed by atoms with Crippen molar-refractivity contribution in [3.63, 3.8) is 0 Å². The highest BCUT2D eigenvalue weighted by Crippen LogP contribution is 2.29. The number of rotatable bonds is 5. The lowest BCUT2D eigenvalue weighted by molar-refractivity contribution is -0.148. The molecule has 126 valence electrons. The van der Waals surface area contributed by atoms with E-state index < -0.39 is 5.82 Å². The van der Waals surface area contributed by atoms with Crippen LogP contribution >= 0.6 is 0 Å². The van der Waals surface area contributed by atoms with E-state index in [-0.39, 0.29) is 29.3 Å². The molecule has 0 N–H and O–H groups in total. The number of carbonyl (C=O) groups is 2. The number of hydrogen-bond donors (Lipinski definition) is 0. The van der Waals surface area contributed by atoms with Crippen LogP contribution in [-0.4, -0.2) is 30.9 Å². The molecule has 0 aliphatic carbocycles. The van der Waals surface area contributed by atoms with E-state index in [0.717, 1.165) is 19.4 Å². The number of esters is 1. The van der Waals surface area contributed by atoms with Crippen LogP contribution in [0, 0.1) is 11.7 Å². The predicted molar refractivity (Wildman–Crippen MR) is 87.2 cm³/mol. The number of benzene rings is 1. The Labute approximate surface area is 136 Å². The summed E-state index contributed by atoms with van der Waals surface area (Å²) >= 11 is 0. The van der Waals surface area contributed by atoms with Gasteiger partial charge in [0.25, 0.3) is 0 Å². The van der Waals surface area contributed by atoms with Crippen LogP contribution in [0.4, 0.5) is 10.1 Å². The molecule has 1 saturated heterocycles. The molecular formula is C18H24FNO3. The highest BCUT2D eigenvalue weighted by Gasteiger charge is 2.26. The normalized spacial score (nSPS) is 18.1. The van der Waals surface area contributed by atoms with E-state index in [0.29, 0.717) is 18.7 Å². The zero-order chi connectivity index (χ0) is 17.0. The topological polar surface area (TPSA) is 46.6 Å². The first-order valence-corrected chi connectivity index (χ1v) is 8.12. The van der Waals surface area contributed by atoms with Crippen LogP contribution in [0.2, 0.25) is 0 Å². The van der Waals surface area contributed by atoms with Gasteiger partial charge in [0.2, 0.25) is 0 Å². The third kappa shape index (κ3) is 4.53. The predicted octanol–water partition coefficient (Wildman–Crippen LogP) is 3.59. The van der Waals surface area contributed by atoms with E-state index in [1.807, 2.05) is 18.7 Å². The van der Waals surface area contributed by atoms with E-state index in [9.17, 15) is 14.0 Å².